The van der Waals surface area contributed by atoms with E-state index in [1.54, 1.807) is 0 Å². The second-order valence-electron chi connectivity index (χ2n) is 7.93. The number of ether oxygens (including phenoxy) is 3. The van der Waals surface area contributed by atoms with Gasteiger partial charge in [0, 0.05) is 25.3 Å². The SMILES string of the molecule is CC(=O)OC1C=C(C(=O)OC(C(=O)O)C(OC(=O)C(O)Cc2ccc(O)c(O)c2)C(=O)O)CC(O)C1O. The van der Waals surface area contributed by atoms with Crippen LogP contribution in [0.25, 0.3) is 0 Å². The van der Waals surface area contributed by atoms with Crippen LogP contribution in [0.2, 0.25) is 0 Å². The average molecular weight is 528 g/mol. The number of rotatable bonds is 10. The van der Waals surface area contributed by atoms with Crippen molar-refractivity contribution < 1.29 is 73.9 Å². The molecule has 0 spiro atoms. The lowest BCUT2D eigenvalue weighted by Crippen LogP contribution is -2.48. The van der Waals surface area contributed by atoms with Crippen LogP contribution in [0.3, 0.4) is 0 Å². The summed E-state index contributed by atoms with van der Waals surface area (Å²) in [6, 6.07) is 3.30. The first-order valence-electron chi connectivity index (χ1n) is 10.5. The Hall–Kier alpha value is -4.21. The second-order valence-corrected chi connectivity index (χ2v) is 7.93. The molecule has 0 heterocycles. The number of phenolic OH excluding ortho intramolecular Hbond substituents is 2. The van der Waals surface area contributed by atoms with Gasteiger partial charge in [-0.05, 0) is 23.8 Å². The maximum atomic E-state index is 12.5. The summed E-state index contributed by atoms with van der Waals surface area (Å²) in [6.45, 7) is 0.991. The van der Waals surface area contributed by atoms with Gasteiger partial charge in [-0.2, -0.15) is 0 Å². The van der Waals surface area contributed by atoms with Crippen molar-refractivity contribution in [1.29, 1.82) is 0 Å². The molecule has 2 rings (SSSR count). The van der Waals surface area contributed by atoms with E-state index in [1.165, 1.54) is 6.07 Å². The molecule has 37 heavy (non-hydrogen) atoms. The Morgan fingerprint density at radius 2 is 1.57 bits per heavy atom. The van der Waals surface area contributed by atoms with E-state index in [1.807, 2.05) is 0 Å². The summed E-state index contributed by atoms with van der Waals surface area (Å²) >= 11 is 0. The van der Waals surface area contributed by atoms with Gasteiger partial charge in [-0.3, -0.25) is 4.79 Å². The summed E-state index contributed by atoms with van der Waals surface area (Å²) in [5.41, 5.74) is -0.335. The normalized spacial score (nSPS) is 21.5. The maximum Gasteiger partial charge on any atom is 0.349 e. The number of aliphatic hydroxyl groups excluding tert-OH is 3. The lowest BCUT2D eigenvalue weighted by Gasteiger charge is -2.30. The quantitative estimate of drug-likeness (QED) is 0.0982. The number of aliphatic carboxylic acids is 2. The molecule has 0 amide bonds. The molecule has 202 valence electrons. The number of esters is 3. The monoisotopic (exact) mass is 528 g/mol. The number of aliphatic hydroxyl groups is 3. The third kappa shape index (κ3) is 7.63. The topological polar surface area (TPSA) is 255 Å². The molecule has 0 radical (unpaired) electrons. The number of benzene rings is 1. The van der Waals surface area contributed by atoms with E-state index < -0.39 is 96.4 Å². The summed E-state index contributed by atoms with van der Waals surface area (Å²) in [7, 11) is 0. The number of hydrogen-bond acceptors (Lipinski definition) is 13. The second kappa shape index (κ2) is 12.2. The maximum absolute atomic E-state index is 12.5. The van der Waals surface area contributed by atoms with Crippen molar-refractivity contribution >= 4 is 29.8 Å². The van der Waals surface area contributed by atoms with Gasteiger partial charge in [0.05, 0.1) is 6.10 Å². The molecule has 6 atom stereocenters. The minimum Gasteiger partial charge on any atom is -0.504 e. The van der Waals surface area contributed by atoms with E-state index >= 15 is 0 Å². The first-order chi connectivity index (χ1) is 17.2. The van der Waals surface area contributed by atoms with Crippen molar-refractivity contribution in [1.82, 2.24) is 0 Å². The zero-order chi connectivity index (χ0) is 28.0. The third-order valence-electron chi connectivity index (χ3n) is 5.07. The Bertz CT molecular complexity index is 1090. The first-order valence-corrected chi connectivity index (χ1v) is 10.5. The molecule has 15 nitrogen and oxygen atoms in total. The highest BCUT2D eigenvalue weighted by Crippen LogP contribution is 2.26. The summed E-state index contributed by atoms with van der Waals surface area (Å²) in [4.78, 5) is 59.3. The van der Waals surface area contributed by atoms with Crippen molar-refractivity contribution in [2.24, 2.45) is 0 Å². The molecular weight excluding hydrogens is 504 g/mol. The number of hydrogen-bond donors (Lipinski definition) is 7. The molecule has 0 aromatic heterocycles. The average Bonchev–Trinajstić information content (AvgIpc) is 2.80. The van der Waals surface area contributed by atoms with Crippen LogP contribution >= 0.6 is 0 Å². The molecule has 15 heteroatoms. The Kier molecular flexibility index (Phi) is 9.54. The highest BCUT2D eigenvalue weighted by Gasteiger charge is 2.43. The number of carbonyl (C=O) groups excluding carboxylic acids is 3. The predicted molar refractivity (Wildman–Crippen MR) is 115 cm³/mol. The zero-order valence-corrected chi connectivity index (χ0v) is 19.1. The van der Waals surface area contributed by atoms with Gasteiger partial charge < -0.3 is 50.0 Å². The number of carbonyl (C=O) groups is 5. The van der Waals surface area contributed by atoms with Crippen LogP contribution in [0, 0.1) is 0 Å². The molecule has 0 aliphatic heterocycles. The van der Waals surface area contributed by atoms with Crippen LogP contribution in [-0.4, -0.2) is 102 Å². The van der Waals surface area contributed by atoms with Crippen LogP contribution in [0.5, 0.6) is 11.5 Å². The molecule has 1 aromatic carbocycles. The standard InChI is InChI=1S/C22H24O15/c1-8(23)35-15-7-10(6-13(26)16(15)28)21(33)36-17(19(29)30)18(20(31)32)37-22(34)14(27)5-9-2-3-11(24)12(25)4-9/h2-4,7,13-18,24-28H,5-6H2,1H3,(H,29,30)(H,31,32). The highest BCUT2D eigenvalue weighted by molar-refractivity contribution is 5.93. The van der Waals surface area contributed by atoms with Crippen LogP contribution in [0.4, 0.5) is 0 Å². The molecule has 0 fully saturated rings. The molecule has 1 aliphatic carbocycles. The van der Waals surface area contributed by atoms with Crippen molar-refractivity contribution in [2.45, 2.75) is 56.4 Å². The molecule has 0 saturated carbocycles. The molecule has 1 aliphatic rings. The smallest absolute Gasteiger partial charge is 0.349 e. The van der Waals surface area contributed by atoms with Gasteiger partial charge in [0.2, 0.25) is 12.2 Å². The van der Waals surface area contributed by atoms with Gasteiger partial charge in [-0.1, -0.05) is 6.07 Å². The van der Waals surface area contributed by atoms with Crippen molar-refractivity contribution in [3.05, 3.63) is 35.4 Å². The van der Waals surface area contributed by atoms with Gasteiger partial charge in [-0.15, -0.1) is 0 Å². The molecule has 1 aromatic rings. The van der Waals surface area contributed by atoms with Crippen LogP contribution < -0.4 is 0 Å². The molecule has 0 bridgehead atoms. The number of aromatic hydroxyl groups is 2. The van der Waals surface area contributed by atoms with Crippen LogP contribution in [-0.2, 0) is 44.6 Å². The number of carboxylic acids is 2. The Balaban J connectivity index is 2.18. The van der Waals surface area contributed by atoms with Crippen molar-refractivity contribution in [3.63, 3.8) is 0 Å². The van der Waals surface area contributed by atoms with Gasteiger partial charge in [-0.25, -0.2) is 19.2 Å². The Morgan fingerprint density at radius 3 is 2.11 bits per heavy atom. The highest BCUT2D eigenvalue weighted by atomic mass is 16.6. The van der Waals surface area contributed by atoms with Gasteiger partial charge >= 0.3 is 29.8 Å². The van der Waals surface area contributed by atoms with E-state index in [0.717, 1.165) is 25.1 Å². The molecule has 6 unspecified atom stereocenters. The summed E-state index contributed by atoms with van der Waals surface area (Å²) in [5.74, 6) is -9.08. The Morgan fingerprint density at radius 1 is 0.973 bits per heavy atom. The minimum absolute atomic E-state index is 0.125. The lowest BCUT2D eigenvalue weighted by molar-refractivity contribution is -0.189. The predicted octanol–water partition coefficient (Wildman–Crippen LogP) is -2.02. The van der Waals surface area contributed by atoms with Crippen LogP contribution in [0.1, 0.15) is 18.9 Å². The van der Waals surface area contributed by atoms with E-state index in [-0.39, 0.29) is 5.56 Å². The van der Waals surface area contributed by atoms with Crippen LogP contribution in [0.15, 0.2) is 29.8 Å². The molecule has 0 saturated heterocycles. The summed E-state index contributed by atoms with van der Waals surface area (Å²) in [6.07, 6.45) is -12.2. The fourth-order valence-corrected chi connectivity index (χ4v) is 3.26. The largest absolute Gasteiger partial charge is 0.504 e. The van der Waals surface area contributed by atoms with E-state index in [0.29, 0.717) is 0 Å². The van der Waals surface area contributed by atoms with Gasteiger partial charge in [0.25, 0.3) is 0 Å². The van der Waals surface area contributed by atoms with Gasteiger partial charge in [0.1, 0.15) is 12.2 Å². The van der Waals surface area contributed by atoms with Crippen molar-refractivity contribution in [2.75, 3.05) is 0 Å². The van der Waals surface area contributed by atoms with E-state index in [4.69, 9.17) is 9.47 Å². The van der Waals surface area contributed by atoms with E-state index in [9.17, 15) is 59.7 Å². The zero-order valence-electron chi connectivity index (χ0n) is 19.1. The summed E-state index contributed by atoms with van der Waals surface area (Å²) < 4.78 is 14.0. The Labute approximate surface area is 207 Å². The number of carboxylic acid groups (broad SMARTS) is 2. The summed E-state index contributed by atoms with van der Waals surface area (Å²) in [5, 5.41) is 67.5. The molecule has 7 N–H and O–H groups in total. The fraction of sp³-hybridized carbons (Fsp3) is 0.409. The molecular formula is C22H24O15. The van der Waals surface area contributed by atoms with E-state index in [2.05, 4.69) is 4.74 Å². The minimum atomic E-state index is -2.62. The van der Waals surface area contributed by atoms with Crippen molar-refractivity contribution in [3.8, 4) is 11.5 Å². The third-order valence-corrected chi connectivity index (χ3v) is 5.07. The fourth-order valence-electron chi connectivity index (χ4n) is 3.26. The first kappa shape index (κ1) is 29.0. The van der Waals surface area contributed by atoms with Gasteiger partial charge in [0.15, 0.2) is 17.6 Å². The number of phenols is 2. The lowest BCUT2D eigenvalue weighted by atomic mass is 9.92.